The number of azo groups is 1. The smallest absolute Gasteiger partial charge is 0.221 e. The molecule has 0 bridgehead atoms. The first-order valence-electron chi connectivity index (χ1n) is 5.79. The Balaban J connectivity index is 2.18. The van der Waals surface area contributed by atoms with Crippen molar-refractivity contribution in [1.82, 2.24) is 0 Å². The number of amides is 1. The largest absolute Gasteiger partial charge is 0.397 e. The van der Waals surface area contributed by atoms with Crippen LogP contribution in [0.3, 0.4) is 0 Å². The molecule has 5 nitrogen and oxygen atoms in total. The van der Waals surface area contributed by atoms with E-state index in [1.165, 1.54) is 6.92 Å². The van der Waals surface area contributed by atoms with Gasteiger partial charge in [0.15, 0.2) is 0 Å². The summed E-state index contributed by atoms with van der Waals surface area (Å²) in [6.07, 6.45) is 0. The quantitative estimate of drug-likeness (QED) is 0.647. The van der Waals surface area contributed by atoms with Crippen molar-refractivity contribution in [3.05, 3.63) is 48.5 Å². The fourth-order valence-electron chi connectivity index (χ4n) is 1.53. The van der Waals surface area contributed by atoms with Gasteiger partial charge in [0, 0.05) is 12.6 Å². The molecular formula is C14H14N4O. The van der Waals surface area contributed by atoms with Gasteiger partial charge < -0.3 is 11.1 Å². The number of nitrogen functional groups attached to an aromatic ring is 1. The van der Waals surface area contributed by atoms with E-state index >= 15 is 0 Å². The topological polar surface area (TPSA) is 79.8 Å². The first-order valence-corrected chi connectivity index (χ1v) is 5.79. The number of rotatable bonds is 3. The Bertz CT molecular complexity index is 608. The van der Waals surface area contributed by atoms with Gasteiger partial charge in [-0.3, -0.25) is 4.79 Å². The minimum absolute atomic E-state index is 0.141. The van der Waals surface area contributed by atoms with E-state index in [9.17, 15) is 4.79 Å². The van der Waals surface area contributed by atoms with Crippen molar-refractivity contribution in [2.24, 2.45) is 10.2 Å². The zero-order valence-electron chi connectivity index (χ0n) is 10.5. The number of hydrogen-bond donors (Lipinski definition) is 2. The lowest BCUT2D eigenvalue weighted by Crippen LogP contribution is -2.05. The molecule has 3 N–H and O–H groups in total. The van der Waals surface area contributed by atoms with E-state index < -0.39 is 0 Å². The summed E-state index contributed by atoms with van der Waals surface area (Å²) >= 11 is 0. The lowest BCUT2D eigenvalue weighted by atomic mass is 10.2. The maximum absolute atomic E-state index is 10.9. The highest BCUT2D eigenvalue weighted by atomic mass is 16.1. The predicted octanol–water partition coefficient (Wildman–Crippen LogP) is 3.64. The van der Waals surface area contributed by atoms with Crippen LogP contribution in [0.25, 0.3) is 0 Å². The molecule has 0 saturated carbocycles. The van der Waals surface area contributed by atoms with Crippen LogP contribution in [-0.2, 0) is 4.79 Å². The Labute approximate surface area is 111 Å². The van der Waals surface area contributed by atoms with Crippen molar-refractivity contribution >= 4 is 28.7 Å². The first-order chi connectivity index (χ1) is 9.15. The maximum atomic E-state index is 10.9. The fraction of sp³-hybridized carbons (Fsp3) is 0.0714. The summed E-state index contributed by atoms with van der Waals surface area (Å²) in [5, 5.41) is 10.8. The second-order valence-corrected chi connectivity index (χ2v) is 3.99. The van der Waals surface area contributed by atoms with Gasteiger partial charge >= 0.3 is 0 Å². The van der Waals surface area contributed by atoms with Gasteiger partial charge in [0.2, 0.25) is 5.91 Å². The first kappa shape index (κ1) is 12.8. The maximum Gasteiger partial charge on any atom is 0.221 e. The third-order valence-electron chi connectivity index (χ3n) is 2.38. The lowest BCUT2D eigenvalue weighted by molar-refractivity contribution is -0.114. The number of nitrogens with two attached hydrogens (primary N) is 1. The standard InChI is InChI=1S/C14H14N4O/c1-10(19)16-12-7-8-14(13(15)9-12)18-17-11-5-3-2-4-6-11/h2-9H,15H2,1H3,(H,16,19). The van der Waals surface area contributed by atoms with Gasteiger partial charge in [0.25, 0.3) is 0 Å². The van der Waals surface area contributed by atoms with E-state index in [2.05, 4.69) is 15.5 Å². The summed E-state index contributed by atoms with van der Waals surface area (Å²) in [4.78, 5) is 10.9. The number of carbonyl (C=O) groups is 1. The van der Waals surface area contributed by atoms with Gasteiger partial charge in [0.1, 0.15) is 5.69 Å². The number of anilines is 2. The molecule has 0 fully saturated rings. The van der Waals surface area contributed by atoms with Gasteiger partial charge in [0.05, 0.1) is 11.4 Å². The zero-order chi connectivity index (χ0) is 13.7. The van der Waals surface area contributed by atoms with E-state index in [-0.39, 0.29) is 5.91 Å². The van der Waals surface area contributed by atoms with Crippen LogP contribution in [0.4, 0.5) is 22.7 Å². The number of benzene rings is 2. The minimum Gasteiger partial charge on any atom is -0.397 e. The van der Waals surface area contributed by atoms with Gasteiger partial charge in [-0.25, -0.2) is 0 Å². The fourth-order valence-corrected chi connectivity index (χ4v) is 1.53. The van der Waals surface area contributed by atoms with E-state index in [4.69, 9.17) is 5.73 Å². The molecule has 2 rings (SSSR count). The molecule has 19 heavy (non-hydrogen) atoms. The van der Waals surface area contributed by atoms with Crippen LogP contribution in [0, 0.1) is 0 Å². The van der Waals surface area contributed by atoms with Crippen molar-refractivity contribution in [3.63, 3.8) is 0 Å². The molecule has 2 aromatic rings. The molecule has 0 unspecified atom stereocenters. The molecule has 2 aromatic carbocycles. The molecule has 0 aliphatic carbocycles. The number of carbonyl (C=O) groups excluding carboxylic acids is 1. The molecule has 0 saturated heterocycles. The third-order valence-corrected chi connectivity index (χ3v) is 2.38. The van der Waals surface area contributed by atoms with Crippen LogP contribution in [0.1, 0.15) is 6.92 Å². The van der Waals surface area contributed by atoms with Crippen LogP contribution in [0.15, 0.2) is 58.8 Å². The minimum atomic E-state index is -0.141. The van der Waals surface area contributed by atoms with Gasteiger partial charge in [-0.2, -0.15) is 5.11 Å². The average Bonchev–Trinajstić information content (AvgIpc) is 2.38. The monoisotopic (exact) mass is 254 g/mol. The molecule has 5 heteroatoms. The number of nitrogens with zero attached hydrogens (tertiary/aromatic N) is 2. The Hall–Kier alpha value is -2.69. The van der Waals surface area contributed by atoms with Gasteiger partial charge in [-0.1, -0.05) is 18.2 Å². The Morgan fingerprint density at radius 1 is 1.11 bits per heavy atom. The molecule has 0 spiro atoms. The normalized spacial score (nSPS) is 10.6. The Kier molecular flexibility index (Phi) is 3.87. The molecule has 0 atom stereocenters. The van der Waals surface area contributed by atoms with Crippen molar-refractivity contribution in [2.75, 3.05) is 11.1 Å². The summed E-state index contributed by atoms with van der Waals surface area (Å²) in [7, 11) is 0. The molecule has 1 amide bonds. The number of nitrogens with one attached hydrogen (secondary N) is 1. The highest BCUT2D eigenvalue weighted by molar-refractivity contribution is 5.89. The van der Waals surface area contributed by atoms with Gasteiger partial charge in [-0.15, -0.1) is 5.11 Å². The summed E-state index contributed by atoms with van der Waals surface area (Å²) in [6, 6.07) is 14.5. The lowest BCUT2D eigenvalue weighted by Gasteiger charge is -2.04. The average molecular weight is 254 g/mol. The molecular weight excluding hydrogens is 240 g/mol. The molecule has 0 radical (unpaired) electrons. The molecule has 96 valence electrons. The zero-order valence-corrected chi connectivity index (χ0v) is 10.5. The summed E-state index contributed by atoms with van der Waals surface area (Å²) < 4.78 is 0. The van der Waals surface area contributed by atoms with Crippen molar-refractivity contribution < 1.29 is 4.79 Å². The van der Waals surface area contributed by atoms with E-state index in [1.54, 1.807) is 18.2 Å². The second-order valence-electron chi connectivity index (χ2n) is 3.99. The summed E-state index contributed by atoms with van der Waals surface area (Å²) in [5.41, 5.74) is 8.29. The molecule has 0 heterocycles. The van der Waals surface area contributed by atoms with Crippen LogP contribution >= 0.6 is 0 Å². The van der Waals surface area contributed by atoms with E-state index in [1.807, 2.05) is 30.3 Å². The highest BCUT2D eigenvalue weighted by Crippen LogP contribution is 2.27. The SMILES string of the molecule is CC(=O)Nc1ccc(N=Nc2ccccc2)c(N)c1. The third kappa shape index (κ3) is 3.64. The van der Waals surface area contributed by atoms with Crippen LogP contribution in [0.5, 0.6) is 0 Å². The highest BCUT2D eigenvalue weighted by Gasteiger charge is 2.01. The molecule has 0 aliphatic heterocycles. The number of hydrogen-bond acceptors (Lipinski definition) is 4. The van der Waals surface area contributed by atoms with Crippen molar-refractivity contribution in [3.8, 4) is 0 Å². The second kappa shape index (κ2) is 5.77. The predicted molar refractivity (Wildman–Crippen MR) is 75.8 cm³/mol. The van der Waals surface area contributed by atoms with Crippen LogP contribution < -0.4 is 11.1 Å². The Morgan fingerprint density at radius 3 is 2.47 bits per heavy atom. The van der Waals surface area contributed by atoms with E-state index in [0.717, 1.165) is 5.69 Å². The van der Waals surface area contributed by atoms with Crippen molar-refractivity contribution in [2.45, 2.75) is 6.92 Å². The molecule has 0 aromatic heterocycles. The summed E-state index contributed by atoms with van der Waals surface area (Å²) in [5.74, 6) is -0.141. The Morgan fingerprint density at radius 2 is 1.84 bits per heavy atom. The van der Waals surface area contributed by atoms with Gasteiger partial charge in [-0.05, 0) is 30.3 Å². The van der Waals surface area contributed by atoms with Crippen LogP contribution in [0.2, 0.25) is 0 Å². The van der Waals surface area contributed by atoms with Crippen molar-refractivity contribution in [1.29, 1.82) is 0 Å². The van der Waals surface area contributed by atoms with E-state index in [0.29, 0.717) is 17.1 Å². The van der Waals surface area contributed by atoms with Crippen LogP contribution in [-0.4, -0.2) is 5.91 Å². The summed E-state index contributed by atoms with van der Waals surface area (Å²) in [6.45, 7) is 1.44. The molecule has 0 aliphatic rings.